The lowest BCUT2D eigenvalue weighted by Crippen LogP contribution is -2.18. The maximum atomic E-state index is 12.1. The van der Waals surface area contributed by atoms with Crippen LogP contribution in [0, 0.1) is 0 Å². The quantitative estimate of drug-likeness (QED) is 0.879. The van der Waals surface area contributed by atoms with Gasteiger partial charge in [0.15, 0.2) is 0 Å². The minimum atomic E-state index is -2.84. The fourth-order valence-corrected chi connectivity index (χ4v) is 1.56. The van der Waals surface area contributed by atoms with E-state index in [0.717, 1.165) is 0 Å². The second kappa shape index (κ2) is 5.54. The zero-order chi connectivity index (χ0) is 13.0. The Labute approximate surface area is 102 Å². The minimum Gasteiger partial charge on any atom is -0.435 e. The van der Waals surface area contributed by atoms with Crippen molar-refractivity contribution in [1.82, 2.24) is 14.8 Å². The van der Waals surface area contributed by atoms with Crippen LogP contribution in [0.25, 0.3) is 0 Å². The largest absolute Gasteiger partial charge is 0.435 e. The smallest absolute Gasteiger partial charge is 0.387 e. The molecule has 1 unspecified atom stereocenters. The third-order valence-corrected chi connectivity index (χ3v) is 2.36. The van der Waals surface area contributed by atoms with Crippen LogP contribution in [0.4, 0.5) is 8.78 Å². The van der Waals surface area contributed by atoms with Gasteiger partial charge >= 0.3 is 6.61 Å². The molecule has 2 N–H and O–H groups in total. The van der Waals surface area contributed by atoms with Crippen molar-refractivity contribution in [2.75, 3.05) is 0 Å². The average molecular weight is 254 g/mol. The summed E-state index contributed by atoms with van der Waals surface area (Å²) in [5, 5.41) is 3.93. The molecule has 0 spiro atoms. The summed E-state index contributed by atoms with van der Waals surface area (Å²) in [6.07, 6.45) is 2.95. The Hall–Kier alpha value is -2.02. The first-order valence-electron chi connectivity index (χ1n) is 5.28. The van der Waals surface area contributed by atoms with Crippen molar-refractivity contribution in [3.05, 3.63) is 42.5 Å². The molecule has 0 aliphatic heterocycles. The molecule has 5 nitrogen and oxygen atoms in total. The number of nitrogens with zero attached hydrogens (tertiary/aromatic N) is 3. The Balaban J connectivity index is 2.07. The predicted molar refractivity (Wildman–Crippen MR) is 60.0 cm³/mol. The van der Waals surface area contributed by atoms with Gasteiger partial charge in [-0.3, -0.25) is 4.68 Å². The third kappa shape index (κ3) is 3.24. The van der Waals surface area contributed by atoms with E-state index in [4.69, 9.17) is 5.73 Å². The molecule has 0 aliphatic carbocycles. The lowest BCUT2D eigenvalue weighted by Gasteiger charge is -2.13. The first-order valence-corrected chi connectivity index (χ1v) is 5.28. The highest BCUT2D eigenvalue weighted by molar-refractivity contribution is 5.30. The van der Waals surface area contributed by atoms with Gasteiger partial charge in [-0.25, -0.2) is 4.98 Å². The van der Waals surface area contributed by atoms with Crippen LogP contribution in [0.1, 0.15) is 11.6 Å². The van der Waals surface area contributed by atoms with E-state index in [1.165, 1.54) is 18.5 Å². The molecule has 96 valence electrons. The van der Waals surface area contributed by atoms with Crippen LogP contribution in [-0.2, 0) is 6.54 Å². The topological polar surface area (TPSA) is 66.0 Å². The third-order valence-electron chi connectivity index (χ3n) is 2.36. The number of aromatic nitrogens is 3. The predicted octanol–water partition coefficient (Wildman–Crippen LogP) is 1.58. The SMILES string of the molecule is NC(Cn1cncn1)c1cccc(OC(F)F)c1. The number of ether oxygens (including phenoxy) is 1. The molecule has 0 fully saturated rings. The molecule has 1 atom stereocenters. The second-order valence-electron chi connectivity index (χ2n) is 3.68. The van der Waals surface area contributed by atoms with E-state index >= 15 is 0 Å². The van der Waals surface area contributed by atoms with E-state index in [9.17, 15) is 8.78 Å². The highest BCUT2D eigenvalue weighted by atomic mass is 19.3. The lowest BCUT2D eigenvalue weighted by molar-refractivity contribution is -0.0499. The summed E-state index contributed by atoms with van der Waals surface area (Å²) in [7, 11) is 0. The minimum absolute atomic E-state index is 0.0940. The molecule has 0 aliphatic rings. The Kier molecular flexibility index (Phi) is 3.83. The zero-order valence-corrected chi connectivity index (χ0v) is 9.41. The summed E-state index contributed by atoms with van der Waals surface area (Å²) in [4.78, 5) is 3.80. The molecule has 0 saturated heterocycles. The van der Waals surface area contributed by atoms with Gasteiger partial charge in [0.2, 0.25) is 0 Å². The van der Waals surface area contributed by atoms with E-state index in [-0.39, 0.29) is 11.8 Å². The van der Waals surface area contributed by atoms with Crippen LogP contribution in [0.3, 0.4) is 0 Å². The van der Waals surface area contributed by atoms with Crippen LogP contribution in [-0.4, -0.2) is 21.4 Å². The fraction of sp³-hybridized carbons (Fsp3) is 0.273. The molecule has 0 bridgehead atoms. The molecular formula is C11H12F2N4O. The first kappa shape index (κ1) is 12.4. The van der Waals surface area contributed by atoms with Gasteiger partial charge < -0.3 is 10.5 Å². The molecule has 0 saturated carbocycles. The number of hydrogen-bond acceptors (Lipinski definition) is 4. The molecule has 1 heterocycles. The Morgan fingerprint density at radius 2 is 2.22 bits per heavy atom. The number of hydrogen-bond donors (Lipinski definition) is 1. The van der Waals surface area contributed by atoms with Crippen LogP contribution in [0.2, 0.25) is 0 Å². The van der Waals surface area contributed by atoms with Gasteiger partial charge in [0.1, 0.15) is 18.4 Å². The molecule has 0 amide bonds. The van der Waals surface area contributed by atoms with Crippen molar-refractivity contribution in [2.45, 2.75) is 19.2 Å². The standard InChI is InChI=1S/C11H12F2N4O/c12-11(13)18-9-3-1-2-8(4-9)10(14)5-17-7-15-6-16-17/h1-4,6-7,10-11H,5,14H2. The number of rotatable bonds is 5. The van der Waals surface area contributed by atoms with Crippen LogP contribution < -0.4 is 10.5 Å². The summed E-state index contributed by atoms with van der Waals surface area (Å²) >= 11 is 0. The van der Waals surface area contributed by atoms with E-state index < -0.39 is 6.61 Å². The molecule has 7 heteroatoms. The van der Waals surface area contributed by atoms with Crippen molar-refractivity contribution >= 4 is 0 Å². The average Bonchev–Trinajstić information content (AvgIpc) is 2.81. The molecule has 2 aromatic rings. The summed E-state index contributed by atoms with van der Waals surface area (Å²) in [5.41, 5.74) is 6.65. The molecule has 1 aromatic heterocycles. The normalized spacial score (nSPS) is 12.7. The Bertz CT molecular complexity index is 490. The van der Waals surface area contributed by atoms with Crippen molar-refractivity contribution in [2.24, 2.45) is 5.73 Å². The Morgan fingerprint density at radius 3 is 2.89 bits per heavy atom. The molecule has 0 radical (unpaired) electrons. The second-order valence-corrected chi connectivity index (χ2v) is 3.68. The number of nitrogens with two attached hydrogens (primary N) is 1. The Morgan fingerprint density at radius 1 is 1.39 bits per heavy atom. The summed E-state index contributed by atoms with van der Waals surface area (Å²) in [6.45, 7) is -2.43. The number of halogens is 2. The van der Waals surface area contributed by atoms with Gasteiger partial charge in [-0.15, -0.1) is 0 Å². The van der Waals surface area contributed by atoms with Crippen LogP contribution in [0.15, 0.2) is 36.9 Å². The molecule has 2 rings (SSSR count). The molecule has 18 heavy (non-hydrogen) atoms. The first-order chi connectivity index (χ1) is 8.65. The van der Waals surface area contributed by atoms with Gasteiger partial charge in [0.25, 0.3) is 0 Å². The van der Waals surface area contributed by atoms with Crippen molar-refractivity contribution < 1.29 is 13.5 Å². The van der Waals surface area contributed by atoms with Gasteiger partial charge in [0.05, 0.1) is 6.54 Å². The summed E-state index contributed by atoms with van der Waals surface area (Å²) in [6, 6.07) is 5.95. The van der Waals surface area contributed by atoms with Crippen molar-refractivity contribution in [3.63, 3.8) is 0 Å². The van der Waals surface area contributed by atoms with Gasteiger partial charge in [0, 0.05) is 6.04 Å². The monoisotopic (exact) mass is 254 g/mol. The number of alkyl halides is 2. The maximum absolute atomic E-state index is 12.1. The zero-order valence-electron chi connectivity index (χ0n) is 9.41. The van der Waals surface area contributed by atoms with Crippen LogP contribution >= 0.6 is 0 Å². The van der Waals surface area contributed by atoms with E-state index in [2.05, 4.69) is 14.8 Å². The summed E-state index contributed by atoms with van der Waals surface area (Å²) in [5.74, 6) is 0.0940. The van der Waals surface area contributed by atoms with E-state index in [1.807, 2.05) is 0 Å². The van der Waals surface area contributed by atoms with Crippen LogP contribution in [0.5, 0.6) is 5.75 Å². The highest BCUT2D eigenvalue weighted by Gasteiger charge is 2.10. The van der Waals surface area contributed by atoms with E-state index in [1.54, 1.807) is 23.1 Å². The maximum Gasteiger partial charge on any atom is 0.387 e. The number of benzene rings is 1. The van der Waals surface area contributed by atoms with Crippen molar-refractivity contribution in [1.29, 1.82) is 0 Å². The van der Waals surface area contributed by atoms with E-state index in [0.29, 0.717) is 12.1 Å². The van der Waals surface area contributed by atoms with Crippen molar-refractivity contribution in [3.8, 4) is 5.75 Å². The summed E-state index contributed by atoms with van der Waals surface area (Å²) < 4.78 is 30.1. The highest BCUT2D eigenvalue weighted by Crippen LogP contribution is 2.20. The lowest BCUT2D eigenvalue weighted by atomic mass is 10.1. The van der Waals surface area contributed by atoms with Gasteiger partial charge in [-0.1, -0.05) is 12.1 Å². The van der Waals surface area contributed by atoms with Gasteiger partial charge in [-0.05, 0) is 17.7 Å². The molecule has 1 aromatic carbocycles. The molecular weight excluding hydrogens is 242 g/mol. The fourth-order valence-electron chi connectivity index (χ4n) is 1.56. The van der Waals surface area contributed by atoms with Gasteiger partial charge in [-0.2, -0.15) is 13.9 Å².